The molecule has 0 radical (unpaired) electrons. The topological polar surface area (TPSA) is 24.9 Å². The SMILES string of the molecule is CCNC(c1ccc(Br)c(Cl)c1F)c1ncc(C)cc1C. The van der Waals surface area contributed by atoms with Gasteiger partial charge in [-0.1, -0.05) is 30.7 Å². The Kier molecular flexibility index (Phi) is 5.36. The van der Waals surface area contributed by atoms with E-state index in [1.165, 1.54) is 0 Å². The van der Waals surface area contributed by atoms with Gasteiger partial charge in [0, 0.05) is 16.2 Å². The first-order valence-corrected chi connectivity index (χ1v) is 7.92. The minimum absolute atomic E-state index is 0.0974. The molecule has 0 aliphatic heterocycles. The lowest BCUT2D eigenvalue weighted by Gasteiger charge is -2.21. The van der Waals surface area contributed by atoms with Crippen LogP contribution in [0.5, 0.6) is 0 Å². The van der Waals surface area contributed by atoms with Crippen molar-refractivity contribution in [3.63, 3.8) is 0 Å². The van der Waals surface area contributed by atoms with Crippen LogP contribution in [0.4, 0.5) is 4.39 Å². The molecule has 0 bridgehead atoms. The maximum atomic E-state index is 14.5. The number of rotatable bonds is 4. The molecule has 21 heavy (non-hydrogen) atoms. The maximum Gasteiger partial charge on any atom is 0.148 e. The van der Waals surface area contributed by atoms with Crippen molar-refractivity contribution in [2.24, 2.45) is 0 Å². The van der Waals surface area contributed by atoms with Gasteiger partial charge in [0.25, 0.3) is 0 Å². The second-order valence-corrected chi connectivity index (χ2v) is 6.20. The zero-order valence-corrected chi connectivity index (χ0v) is 14.5. The second kappa shape index (κ2) is 6.86. The Labute approximate surface area is 137 Å². The third-order valence-corrected chi connectivity index (χ3v) is 4.57. The Morgan fingerprint density at radius 3 is 2.71 bits per heavy atom. The minimum Gasteiger partial charge on any atom is -0.305 e. The van der Waals surface area contributed by atoms with E-state index in [0.717, 1.165) is 16.8 Å². The Morgan fingerprint density at radius 2 is 2.10 bits per heavy atom. The van der Waals surface area contributed by atoms with Crippen LogP contribution in [0.2, 0.25) is 5.02 Å². The summed E-state index contributed by atoms with van der Waals surface area (Å²) in [6.45, 7) is 6.66. The fraction of sp³-hybridized carbons (Fsp3) is 0.312. The van der Waals surface area contributed by atoms with E-state index in [1.807, 2.05) is 26.8 Å². The second-order valence-electron chi connectivity index (χ2n) is 4.97. The van der Waals surface area contributed by atoms with Crippen molar-refractivity contribution in [2.75, 3.05) is 6.54 Å². The number of aromatic nitrogens is 1. The molecule has 112 valence electrons. The summed E-state index contributed by atoms with van der Waals surface area (Å²) in [5.41, 5.74) is 3.43. The van der Waals surface area contributed by atoms with Gasteiger partial charge in [-0.25, -0.2) is 4.39 Å². The highest BCUT2D eigenvalue weighted by Gasteiger charge is 2.22. The quantitative estimate of drug-likeness (QED) is 0.769. The van der Waals surface area contributed by atoms with Gasteiger partial charge in [-0.15, -0.1) is 0 Å². The van der Waals surface area contributed by atoms with Crippen molar-refractivity contribution >= 4 is 27.5 Å². The van der Waals surface area contributed by atoms with Gasteiger partial charge in [0.05, 0.1) is 16.8 Å². The first kappa shape index (κ1) is 16.4. The molecule has 2 rings (SSSR count). The summed E-state index contributed by atoms with van der Waals surface area (Å²) in [6, 6.07) is 5.22. The molecule has 0 spiro atoms. The summed E-state index contributed by atoms with van der Waals surface area (Å²) >= 11 is 9.25. The Bertz CT molecular complexity index is 661. The van der Waals surface area contributed by atoms with Crippen LogP contribution in [-0.2, 0) is 0 Å². The molecule has 1 atom stereocenters. The van der Waals surface area contributed by atoms with E-state index >= 15 is 0 Å². The zero-order valence-electron chi connectivity index (χ0n) is 12.2. The lowest BCUT2D eigenvalue weighted by molar-refractivity contribution is 0.550. The first-order valence-electron chi connectivity index (χ1n) is 6.75. The van der Waals surface area contributed by atoms with E-state index in [1.54, 1.807) is 18.3 Å². The number of pyridine rings is 1. The monoisotopic (exact) mass is 370 g/mol. The average Bonchev–Trinajstić information content (AvgIpc) is 2.44. The van der Waals surface area contributed by atoms with E-state index in [-0.39, 0.29) is 11.1 Å². The Balaban J connectivity index is 2.56. The van der Waals surface area contributed by atoms with E-state index in [4.69, 9.17) is 11.6 Å². The molecule has 1 unspecified atom stereocenters. The summed E-state index contributed by atoms with van der Waals surface area (Å²) in [5, 5.41) is 3.38. The van der Waals surface area contributed by atoms with Gasteiger partial charge in [0.1, 0.15) is 5.82 Å². The molecule has 0 aliphatic rings. The number of hydrogen-bond donors (Lipinski definition) is 1. The number of halogens is 3. The number of benzene rings is 1. The van der Waals surface area contributed by atoms with E-state index < -0.39 is 5.82 Å². The van der Waals surface area contributed by atoms with Crippen LogP contribution in [0.1, 0.15) is 35.3 Å². The predicted octanol–water partition coefficient (Wildman–Crippen LogP) is 4.95. The molecule has 1 aromatic carbocycles. The molecule has 0 amide bonds. The highest BCUT2D eigenvalue weighted by Crippen LogP contribution is 2.33. The number of nitrogens with zero attached hydrogens (tertiary/aromatic N) is 1. The lowest BCUT2D eigenvalue weighted by Crippen LogP contribution is -2.25. The molecule has 0 aliphatic carbocycles. The third kappa shape index (κ3) is 3.44. The molecular weight excluding hydrogens is 355 g/mol. The molecule has 5 heteroatoms. The zero-order chi connectivity index (χ0) is 15.6. The molecule has 0 saturated carbocycles. The summed E-state index contributed by atoms with van der Waals surface area (Å²) in [4.78, 5) is 4.48. The molecule has 1 heterocycles. The Hall–Kier alpha value is -0.970. The highest BCUT2D eigenvalue weighted by molar-refractivity contribution is 9.10. The number of nitrogens with one attached hydrogen (secondary N) is 1. The molecule has 2 aromatic rings. The van der Waals surface area contributed by atoms with Crippen LogP contribution in [-0.4, -0.2) is 11.5 Å². The maximum absolute atomic E-state index is 14.5. The first-order chi connectivity index (χ1) is 9.95. The van der Waals surface area contributed by atoms with Gasteiger partial charge in [0.2, 0.25) is 0 Å². The van der Waals surface area contributed by atoms with E-state index in [2.05, 4.69) is 26.2 Å². The number of hydrogen-bond acceptors (Lipinski definition) is 2. The van der Waals surface area contributed by atoms with Crippen molar-refractivity contribution in [2.45, 2.75) is 26.8 Å². The van der Waals surface area contributed by atoms with Crippen molar-refractivity contribution in [3.05, 3.63) is 62.1 Å². The van der Waals surface area contributed by atoms with Crippen LogP contribution < -0.4 is 5.32 Å². The summed E-state index contributed by atoms with van der Waals surface area (Å²) in [7, 11) is 0. The molecule has 1 N–H and O–H groups in total. The smallest absolute Gasteiger partial charge is 0.148 e. The van der Waals surface area contributed by atoms with Crippen LogP contribution in [0.25, 0.3) is 0 Å². The van der Waals surface area contributed by atoms with Gasteiger partial charge in [0.15, 0.2) is 0 Å². The van der Waals surface area contributed by atoms with Crippen LogP contribution in [0.15, 0.2) is 28.9 Å². The lowest BCUT2D eigenvalue weighted by atomic mass is 9.98. The van der Waals surface area contributed by atoms with Crippen molar-refractivity contribution in [1.82, 2.24) is 10.3 Å². The largest absolute Gasteiger partial charge is 0.305 e. The summed E-state index contributed by atoms with van der Waals surface area (Å²) in [6.07, 6.45) is 1.80. The molecular formula is C16H17BrClFN2. The van der Waals surface area contributed by atoms with Crippen LogP contribution >= 0.6 is 27.5 Å². The average molecular weight is 372 g/mol. The summed E-state index contributed by atoms with van der Waals surface area (Å²) in [5.74, 6) is -0.418. The normalized spacial score (nSPS) is 12.5. The Morgan fingerprint density at radius 1 is 1.38 bits per heavy atom. The van der Waals surface area contributed by atoms with Crippen molar-refractivity contribution < 1.29 is 4.39 Å². The fourth-order valence-corrected chi connectivity index (χ4v) is 2.83. The fourth-order valence-electron chi connectivity index (χ4n) is 2.35. The van der Waals surface area contributed by atoms with Crippen LogP contribution in [0, 0.1) is 19.7 Å². The van der Waals surface area contributed by atoms with Crippen molar-refractivity contribution in [1.29, 1.82) is 0 Å². The van der Waals surface area contributed by atoms with E-state index in [0.29, 0.717) is 16.6 Å². The molecule has 0 saturated heterocycles. The van der Waals surface area contributed by atoms with Gasteiger partial charge in [-0.2, -0.15) is 0 Å². The predicted molar refractivity (Wildman–Crippen MR) is 88.3 cm³/mol. The molecule has 0 fully saturated rings. The van der Waals surface area contributed by atoms with E-state index in [9.17, 15) is 4.39 Å². The van der Waals surface area contributed by atoms with Gasteiger partial charge < -0.3 is 5.32 Å². The van der Waals surface area contributed by atoms with Gasteiger partial charge in [-0.05, 0) is 53.5 Å². The third-order valence-electron chi connectivity index (χ3n) is 3.31. The number of aryl methyl sites for hydroxylation is 2. The molecule has 2 nitrogen and oxygen atoms in total. The minimum atomic E-state index is -0.418. The van der Waals surface area contributed by atoms with Gasteiger partial charge >= 0.3 is 0 Å². The summed E-state index contributed by atoms with van der Waals surface area (Å²) < 4.78 is 15.1. The standard InChI is InChI=1S/C16H17BrClFN2/c1-4-20-16(15-10(3)7-9(2)8-21-15)11-5-6-12(17)13(18)14(11)19/h5-8,16,20H,4H2,1-3H3. The molecule has 1 aromatic heterocycles. The van der Waals surface area contributed by atoms with Gasteiger partial charge in [-0.3, -0.25) is 4.98 Å². The van der Waals surface area contributed by atoms with Crippen molar-refractivity contribution in [3.8, 4) is 0 Å². The van der Waals surface area contributed by atoms with Crippen LogP contribution in [0.3, 0.4) is 0 Å². The highest BCUT2D eigenvalue weighted by atomic mass is 79.9.